The zero-order valence-corrected chi connectivity index (χ0v) is 16.3. The van der Waals surface area contributed by atoms with Gasteiger partial charge in [-0.2, -0.15) is 8.78 Å². The van der Waals surface area contributed by atoms with Gasteiger partial charge in [0.05, 0.1) is 6.10 Å². The zero-order valence-electron chi connectivity index (χ0n) is 16.3. The number of tetrazole rings is 1. The molecule has 0 aliphatic heterocycles. The van der Waals surface area contributed by atoms with Gasteiger partial charge in [-0.1, -0.05) is 37.2 Å². The topological polar surface area (TPSA) is 91.2 Å². The van der Waals surface area contributed by atoms with E-state index in [-0.39, 0.29) is 13.3 Å². The maximum atomic E-state index is 12.2. The van der Waals surface area contributed by atoms with Gasteiger partial charge in [-0.15, -0.1) is 0 Å². The predicted octanol–water partition coefficient (Wildman–Crippen LogP) is 4.15. The molecule has 0 unspecified atom stereocenters. The number of alkyl halides is 2. The lowest BCUT2D eigenvalue weighted by Crippen LogP contribution is -2.25. The summed E-state index contributed by atoms with van der Waals surface area (Å²) >= 11 is 0. The van der Waals surface area contributed by atoms with Crippen LogP contribution in [-0.4, -0.2) is 39.3 Å². The largest absolute Gasteiger partial charge is 0.487 e. The van der Waals surface area contributed by atoms with E-state index in [4.69, 9.17) is 4.74 Å². The van der Waals surface area contributed by atoms with Gasteiger partial charge in [0, 0.05) is 7.97 Å². The highest BCUT2D eigenvalue weighted by molar-refractivity contribution is 5.66. The Balaban J connectivity index is 0.000000308. The van der Waals surface area contributed by atoms with Crippen LogP contribution in [0.25, 0.3) is 6.08 Å². The van der Waals surface area contributed by atoms with E-state index in [1.165, 1.54) is 6.07 Å². The van der Waals surface area contributed by atoms with Gasteiger partial charge in [0.15, 0.2) is 11.5 Å². The summed E-state index contributed by atoms with van der Waals surface area (Å²) in [6.07, 6.45) is 7.44. The number of anilines is 1. The first-order chi connectivity index (χ1) is 14.1. The molecule has 0 bridgehead atoms. The van der Waals surface area contributed by atoms with E-state index < -0.39 is 6.61 Å². The zero-order chi connectivity index (χ0) is 21.1. The fourth-order valence-electron chi connectivity index (χ4n) is 2.42. The molecule has 8 nitrogen and oxygen atoms in total. The standard InChI is InChI=1S/C13H14F2O2.C6H11N5O.H2/c1-2-9-6-7-11(17-13(14)15)12(8-9)16-10-4-3-5-10;1-2-3-4-11-6(7-5-12)8-9-10-11;/h2,6-8,10,13H,1,3-5H2;5H,2-4H2,1H3,(H,7,8,10,12);1H. The van der Waals surface area contributed by atoms with Gasteiger partial charge in [-0.25, -0.2) is 4.68 Å². The number of hydrogen-bond donors (Lipinski definition) is 1. The van der Waals surface area contributed by atoms with Crippen molar-refractivity contribution in [1.29, 1.82) is 0 Å². The highest BCUT2D eigenvalue weighted by Crippen LogP contribution is 2.34. The molecule has 10 heteroatoms. The maximum absolute atomic E-state index is 12.2. The van der Waals surface area contributed by atoms with Gasteiger partial charge in [0.2, 0.25) is 12.4 Å². The van der Waals surface area contributed by atoms with Gasteiger partial charge >= 0.3 is 6.61 Å². The molecule has 1 aromatic carbocycles. The van der Waals surface area contributed by atoms with E-state index >= 15 is 0 Å². The normalized spacial score (nSPS) is 13.1. The van der Waals surface area contributed by atoms with Crippen LogP contribution in [0.4, 0.5) is 14.7 Å². The highest BCUT2D eigenvalue weighted by atomic mass is 19.3. The summed E-state index contributed by atoms with van der Waals surface area (Å²) < 4.78 is 36.0. The van der Waals surface area contributed by atoms with Crippen LogP contribution in [0.3, 0.4) is 0 Å². The summed E-state index contributed by atoms with van der Waals surface area (Å²) in [4.78, 5) is 10.1. The molecule has 3 rings (SSSR count). The Morgan fingerprint density at radius 2 is 2.21 bits per heavy atom. The van der Waals surface area contributed by atoms with Gasteiger partial charge in [0.1, 0.15) is 0 Å². The number of carbonyl (C=O) groups excluding carboxylic acids is 1. The first kappa shape index (κ1) is 22.3. The fraction of sp³-hybridized carbons (Fsp3) is 0.474. The lowest BCUT2D eigenvalue weighted by atomic mass is 9.96. The van der Waals surface area contributed by atoms with Crippen molar-refractivity contribution in [3.05, 3.63) is 30.3 Å². The van der Waals surface area contributed by atoms with Crippen molar-refractivity contribution in [3.8, 4) is 11.5 Å². The van der Waals surface area contributed by atoms with Crippen molar-refractivity contribution in [1.82, 2.24) is 20.2 Å². The molecule has 1 heterocycles. The van der Waals surface area contributed by atoms with Gasteiger partial charge in [-0.3, -0.25) is 10.1 Å². The molecule has 1 N–H and O–H groups in total. The molecule has 0 radical (unpaired) electrons. The number of ether oxygens (including phenoxy) is 2. The molecule has 1 amide bonds. The number of amides is 1. The Kier molecular flexibility index (Phi) is 9.00. The van der Waals surface area contributed by atoms with Crippen LogP contribution in [0.5, 0.6) is 11.5 Å². The third-order valence-electron chi connectivity index (χ3n) is 4.21. The van der Waals surface area contributed by atoms with E-state index in [9.17, 15) is 13.6 Å². The summed E-state index contributed by atoms with van der Waals surface area (Å²) in [7, 11) is 0. The number of unbranched alkanes of at least 4 members (excludes halogenated alkanes) is 1. The number of benzene rings is 1. The summed E-state index contributed by atoms with van der Waals surface area (Å²) in [6, 6.07) is 4.82. The average Bonchev–Trinajstić information content (AvgIpc) is 3.11. The number of rotatable bonds is 10. The van der Waals surface area contributed by atoms with Crippen LogP contribution in [-0.2, 0) is 11.3 Å². The number of halogens is 2. The molecule has 0 spiro atoms. The Hall–Kier alpha value is -3.04. The van der Waals surface area contributed by atoms with Crippen LogP contribution < -0.4 is 14.8 Å². The summed E-state index contributed by atoms with van der Waals surface area (Å²) in [5, 5.41) is 13.2. The van der Waals surface area contributed by atoms with Crippen LogP contribution in [0, 0.1) is 0 Å². The summed E-state index contributed by atoms with van der Waals surface area (Å²) in [5.41, 5.74) is 0.820. The summed E-state index contributed by atoms with van der Waals surface area (Å²) in [6.45, 7) is 3.61. The molecule has 1 saturated carbocycles. The molecule has 1 fully saturated rings. The van der Waals surface area contributed by atoms with Crippen molar-refractivity contribution in [2.24, 2.45) is 0 Å². The second-order valence-corrected chi connectivity index (χ2v) is 6.30. The molecule has 160 valence electrons. The minimum atomic E-state index is -2.84. The van der Waals surface area contributed by atoms with Crippen LogP contribution in [0.15, 0.2) is 24.8 Å². The van der Waals surface area contributed by atoms with Crippen molar-refractivity contribution >= 4 is 18.4 Å². The van der Waals surface area contributed by atoms with E-state index in [0.717, 1.165) is 44.2 Å². The van der Waals surface area contributed by atoms with Crippen molar-refractivity contribution in [3.63, 3.8) is 0 Å². The quantitative estimate of drug-likeness (QED) is 0.591. The van der Waals surface area contributed by atoms with E-state index in [0.29, 0.717) is 18.1 Å². The highest BCUT2D eigenvalue weighted by Gasteiger charge is 2.21. The monoisotopic (exact) mass is 411 g/mol. The number of hydrogen-bond acceptors (Lipinski definition) is 6. The average molecular weight is 411 g/mol. The van der Waals surface area contributed by atoms with Crippen LogP contribution in [0.2, 0.25) is 0 Å². The second-order valence-electron chi connectivity index (χ2n) is 6.30. The predicted molar refractivity (Wildman–Crippen MR) is 106 cm³/mol. The third-order valence-corrected chi connectivity index (χ3v) is 4.21. The molecule has 1 aromatic heterocycles. The SMILES string of the molecule is C=Cc1ccc(OC(F)F)c(OC2CCC2)c1.CCCCn1nnnc1NC=O.[HH]. The Labute approximate surface area is 169 Å². The Bertz CT molecular complexity index is 787. The van der Waals surface area contributed by atoms with Crippen LogP contribution in [0.1, 0.15) is 46.0 Å². The molecule has 0 saturated heterocycles. The molecular weight excluding hydrogens is 384 g/mol. The number of aromatic nitrogens is 4. The smallest absolute Gasteiger partial charge is 0.387 e. The van der Waals surface area contributed by atoms with Crippen molar-refractivity contribution in [2.45, 2.75) is 58.3 Å². The van der Waals surface area contributed by atoms with E-state index in [1.807, 2.05) is 0 Å². The summed E-state index contributed by atoms with van der Waals surface area (Å²) in [5.74, 6) is 0.850. The van der Waals surface area contributed by atoms with Gasteiger partial charge < -0.3 is 9.47 Å². The maximum Gasteiger partial charge on any atom is 0.387 e. The Morgan fingerprint density at radius 3 is 2.79 bits per heavy atom. The molecule has 0 atom stereocenters. The number of nitrogens with zero attached hydrogens (tertiary/aromatic N) is 4. The fourth-order valence-corrected chi connectivity index (χ4v) is 2.42. The minimum Gasteiger partial charge on any atom is -0.487 e. The van der Waals surface area contributed by atoms with Gasteiger partial charge in [0.25, 0.3) is 0 Å². The third kappa shape index (κ3) is 7.13. The molecular formula is C19H27F2N5O3. The number of nitrogens with one attached hydrogen (secondary N) is 1. The van der Waals surface area contributed by atoms with Crippen LogP contribution >= 0.6 is 0 Å². The van der Waals surface area contributed by atoms with Crippen molar-refractivity contribution in [2.75, 3.05) is 5.32 Å². The number of carbonyl (C=O) groups is 1. The first-order valence-corrected chi connectivity index (χ1v) is 9.41. The molecule has 2 aromatic rings. The van der Waals surface area contributed by atoms with E-state index in [2.05, 4.69) is 39.1 Å². The van der Waals surface area contributed by atoms with Gasteiger partial charge in [-0.05, 0) is 53.8 Å². The minimum absolute atomic E-state index is 0. The molecule has 1 aliphatic rings. The second kappa shape index (κ2) is 11.7. The van der Waals surface area contributed by atoms with E-state index in [1.54, 1.807) is 22.9 Å². The lowest BCUT2D eigenvalue weighted by molar-refractivity contribution is -0.105. The van der Waals surface area contributed by atoms with Crippen molar-refractivity contribution < 1.29 is 24.5 Å². The molecule has 1 aliphatic carbocycles. The molecule has 29 heavy (non-hydrogen) atoms. The lowest BCUT2D eigenvalue weighted by Gasteiger charge is -2.27. The number of aryl methyl sites for hydroxylation is 1. The first-order valence-electron chi connectivity index (χ1n) is 9.41. The Morgan fingerprint density at radius 1 is 1.41 bits per heavy atom.